The molecule has 250 valence electrons. The van der Waals surface area contributed by atoms with E-state index in [1.807, 2.05) is 81.2 Å². The Morgan fingerprint density at radius 1 is 0.938 bits per heavy atom. The maximum Gasteiger partial charge on any atom is 0.274 e. The maximum absolute atomic E-state index is 13.9. The van der Waals surface area contributed by atoms with Crippen molar-refractivity contribution in [3.05, 3.63) is 78.1 Å². The van der Waals surface area contributed by atoms with E-state index in [2.05, 4.69) is 32.6 Å². The molecule has 2 aromatic heterocycles. The third-order valence-electron chi connectivity index (χ3n) is 9.91. The van der Waals surface area contributed by atoms with Gasteiger partial charge in [0.25, 0.3) is 11.8 Å². The highest BCUT2D eigenvalue weighted by Gasteiger charge is 2.39. The van der Waals surface area contributed by atoms with E-state index in [-0.39, 0.29) is 23.4 Å². The van der Waals surface area contributed by atoms with Crippen LogP contribution in [0.5, 0.6) is 11.5 Å². The fraction of sp³-hybridized carbons (Fsp3) is 0.421. The van der Waals surface area contributed by atoms with Gasteiger partial charge in [0.1, 0.15) is 11.4 Å². The quantitative estimate of drug-likeness (QED) is 0.229. The van der Waals surface area contributed by atoms with Gasteiger partial charge >= 0.3 is 0 Å². The summed E-state index contributed by atoms with van der Waals surface area (Å²) in [6.45, 7) is 12.1. The van der Waals surface area contributed by atoms with Crippen molar-refractivity contribution < 1.29 is 19.1 Å². The summed E-state index contributed by atoms with van der Waals surface area (Å²) < 4.78 is 14.4. The van der Waals surface area contributed by atoms with Crippen molar-refractivity contribution in [3.8, 4) is 22.9 Å². The van der Waals surface area contributed by atoms with Crippen LogP contribution in [0.4, 0.5) is 5.69 Å². The molecule has 10 heteroatoms. The van der Waals surface area contributed by atoms with Crippen LogP contribution in [0.3, 0.4) is 0 Å². The summed E-state index contributed by atoms with van der Waals surface area (Å²) >= 11 is 0. The lowest BCUT2D eigenvalue weighted by Gasteiger charge is -2.46. The van der Waals surface area contributed by atoms with Gasteiger partial charge in [-0.2, -0.15) is 0 Å². The molecule has 1 unspecified atom stereocenters. The molecule has 0 saturated carbocycles. The van der Waals surface area contributed by atoms with Gasteiger partial charge in [0, 0.05) is 68.7 Å². The fourth-order valence-electron chi connectivity index (χ4n) is 7.73. The fourth-order valence-corrected chi connectivity index (χ4v) is 7.73. The first kappa shape index (κ1) is 31.9. The van der Waals surface area contributed by atoms with Crippen LogP contribution in [0.2, 0.25) is 0 Å². The average molecular weight is 649 g/mol. The number of fused-ring (bicyclic) bond motifs is 3. The van der Waals surface area contributed by atoms with E-state index in [0.29, 0.717) is 41.5 Å². The third-order valence-corrected chi connectivity index (χ3v) is 9.91. The Kier molecular flexibility index (Phi) is 8.23. The SMILES string of the molecule is COc1cc2c(cc1OC(C)(C)CC(C)(C)N1CCN(C(=O)c3nc(-c4ccccc4)n4ccccc34)CC1)N=CC1CCCN1C2=O. The molecule has 2 fully saturated rings. The largest absolute Gasteiger partial charge is 0.493 e. The molecule has 0 spiro atoms. The second-order valence-corrected chi connectivity index (χ2v) is 14.2. The Balaban J connectivity index is 1.03. The average Bonchev–Trinajstić information content (AvgIpc) is 3.69. The van der Waals surface area contributed by atoms with Crippen LogP contribution in [0.25, 0.3) is 16.9 Å². The minimum Gasteiger partial charge on any atom is -0.493 e. The number of methoxy groups -OCH3 is 1. The molecule has 3 aliphatic heterocycles. The number of benzene rings is 2. The third kappa shape index (κ3) is 5.94. The zero-order valence-electron chi connectivity index (χ0n) is 28.5. The lowest BCUT2D eigenvalue weighted by molar-refractivity contribution is -0.00476. The van der Waals surface area contributed by atoms with Crippen LogP contribution in [0, 0.1) is 0 Å². The highest BCUT2D eigenvalue weighted by molar-refractivity contribution is 6.03. The summed E-state index contributed by atoms with van der Waals surface area (Å²) in [5, 5.41) is 0. The summed E-state index contributed by atoms with van der Waals surface area (Å²) in [7, 11) is 1.60. The second kappa shape index (κ2) is 12.4. The van der Waals surface area contributed by atoms with Gasteiger partial charge in [-0.3, -0.25) is 23.9 Å². The normalized spacial score (nSPS) is 18.5. The minimum absolute atomic E-state index is 0.00870. The summed E-state index contributed by atoms with van der Waals surface area (Å²) in [5.41, 5.74) is 2.63. The number of piperazine rings is 1. The van der Waals surface area contributed by atoms with E-state index in [1.165, 1.54) is 0 Å². The zero-order valence-corrected chi connectivity index (χ0v) is 28.5. The van der Waals surface area contributed by atoms with Crippen LogP contribution in [-0.4, -0.2) is 99.1 Å². The highest BCUT2D eigenvalue weighted by Crippen LogP contribution is 2.41. The molecule has 2 aromatic carbocycles. The molecule has 7 rings (SSSR count). The number of aromatic nitrogens is 2. The molecule has 0 bridgehead atoms. The molecule has 2 saturated heterocycles. The molecule has 48 heavy (non-hydrogen) atoms. The topological polar surface area (TPSA) is 92.0 Å². The van der Waals surface area contributed by atoms with Crippen molar-refractivity contribution in [1.82, 2.24) is 24.1 Å². The predicted octanol–water partition coefficient (Wildman–Crippen LogP) is 6.11. The van der Waals surface area contributed by atoms with Crippen molar-refractivity contribution in [2.24, 2.45) is 4.99 Å². The van der Waals surface area contributed by atoms with Gasteiger partial charge in [0.2, 0.25) is 0 Å². The van der Waals surface area contributed by atoms with Gasteiger partial charge in [0.05, 0.1) is 29.9 Å². The Morgan fingerprint density at radius 2 is 1.69 bits per heavy atom. The number of ether oxygens (including phenoxy) is 2. The number of pyridine rings is 1. The molecule has 1 atom stereocenters. The van der Waals surface area contributed by atoms with E-state index < -0.39 is 5.60 Å². The number of aliphatic imine (C=N–C) groups is 1. The minimum atomic E-state index is -0.570. The van der Waals surface area contributed by atoms with Gasteiger partial charge in [-0.25, -0.2) is 4.98 Å². The van der Waals surface area contributed by atoms with Gasteiger partial charge < -0.3 is 19.3 Å². The van der Waals surface area contributed by atoms with E-state index in [0.717, 1.165) is 55.8 Å². The van der Waals surface area contributed by atoms with Gasteiger partial charge in [-0.15, -0.1) is 0 Å². The van der Waals surface area contributed by atoms with Crippen LogP contribution >= 0.6 is 0 Å². The van der Waals surface area contributed by atoms with Gasteiger partial charge in [-0.1, -0.05) is 36.4 Å². The highest BCUT2D eigenvalue weighted by atomic mass is 16.5. The molecular formula is C38H44N6O4. The van der Waals surface area contributed by atoms with Crippen molar-refractivity contribution in [3.63, 3.8) is 0 Å². The lowest BCUT2D eigenvalue weighted by atomic mass is 9.87. The lowest BCUT2D eigenvalue weighted by Crippen LogP contribution is -2.57. The first-order valence-electron chi connectivity index (χ1n) is 16.9. The molecule has 0 radical (unpaired) electrons. The molecular weight excluding hydrogens is 604 g/mol. The number of carbonyl (C=O) groups excluding carboxylic acids is 2. The summed E-state index contributed by atoms with van der Waals surface area (Å²) in [5.74, 6) is 1.81. The summed E-state index contributed by atoms with van der Waals surface area (Å²) in [4.78, 5) is 43.0. The second-order valence-electron chi connectivity index (χ2n) is 14.2. The van der Waals surface area contributed by atoms with Crippen LogP contribution in [0.15, 0.2) is 71.9 Å². The predicted molar refractivity (Wildman–Crippen MR) is 187 cm³/mol. The number of amides is 2. The molecule has 0 N–H and O–H groups in total. The van der Waals surface area contributed by atoms with E-state index in [9.17, 15) is 9.59 Å². The molecule has 5 heterocycles. The Hall–Kier alpha value is -4.70. The summed E-state index contributed by atoms with van der Waals surface area (Å²) in [6, 6.07) is 19.5. The van der Waals surface area contributed by atoms with Crippen LogP contribution in [0.1, 0.15) is 67.8 Å². The van der Waals surface area contributed by atoms with Crippen LogP contribution in [-0.2, 0) is 0 Å². The number of rotatable bonds is 8. The number of hydrogen-bond donors (Lipinski definition) is 0. The molecule has 2 amide bonds. The van der Waals surface area contributed by atoms with E-state index in [1.54, 1.807) is 13.2 Å². The Bertz CT molecular complexity index is 1870. The summed E-state index contributed by atoms with van der Waals surface area (Å²) in [6.07, 6.45) is 6.50. The van der Waals surface area contributed by atoms with E-state index >= 15 is 0 Å². The smallest absolute Gasteiger partial charge is 0.274 e. The number of hydrogen-bond acceptors (Lipinski definition) is 7. The number of nitrogens with zero attached hydrogens (tertiary/aromatic N) is 6. The Labute approximate surface area is 282 Å². The number of imidazole rings is 1. The van der Waals surface area contributed by atoms with Crippen molar-refractivity contribution in [1.29, 1.82) is 0 Å². The molecule has 0 aliphatic carbocycles. The van der Waals surface area contributed by atoms with Crippen molar-refractivity contribution >= 4 is 29.2 Å². The number of carbonyl (C=O) groups is 2. The zero-order chi connectivity index (χ0) is 33.6. The standard InChI is InChI=1S/C38H44N6O4/c1-37(2,25-38(3,4)48-32-23-29-28(22-31(32)47-5)35(45)43-17-11-14-27(43)24-39-29)42-20-18-41(19-21-42)36(46)33-30-15-9-10-16-44(30)34(40-33)26-12-7-6-8-13-26/h6-10,12-13,15-16,22-24,27H,11,14,17-21,25H2,1-5H3. The maximum atomic E-state index is 13.9. The van der Waals surface area contributed by atoms with Gasteiger partial charge in [-0.05, 0) is 58.7 Å². The molecule has 3 aliphatic rings. The van der Waals surface area contributed by atoms with E-state index in [4.69, 9.17) is 19.5 Å². The molecule has 10 nitrogen and oxygen atoms in total. The molecule has 4 aromatic rings. The monoisotopic (exact) mass is 648 g/mol. The van der Waals surface area contributed by atoms with Crippen LogP contribution < -0.4 is 9.47 Å². The van der Waals surface area contributed by atoms with Crippen molar-refractivity contribution in [2.75, 3.05) is 39.8 Å². The first-order valence-corrected chi connectivity index (χ1v) is 16.9. The van der Waals surface area contributed by atoms with Crippen molar-refractivity contribution in [2.45, 2.75) is 64.1 Å². The first-order chi connectivity index (χ1) is 23.0. The Morgan fingerprint density at radius 3 is 2.44 bits per heavy atom. The van der Waals surface area contributed by atoms with Gasteiger partial charge in [0.15, 0.2) is 17.2 Å².